The standard InChI is InChI=1S/C17H21N3O3S/c1-12-15(13(2)20(3)18-12)24(22,23)19-16(21)17(10-7-11-17)14-8-5-4-6-9-14/h4-6,8-9H,7,10-11H2,1-3H3,(H,19,21). The summed E-state index contributed by atoms with van der Waals surface area (Å²) < 4.78 is 29.3. The predicted octanol–water partition coefficient (Wildman–Crippen LogP) is 1.96. The number of aromatic nitrogens is 2. The Balaban J connectivity index is 1.94. The molecule has 1 aromatic heterocycles. The number of hydrogen-bond donors (Lipinski definition) is 1. The van der Waals surface area contributed by atoms with Crippen molar-refractivity contribution in [3.63, 3.8) is 0 Å². The van der Waals surface area contributed by atoms with Crippen LogP contribution in [0.2, 0.25) is 0 Å². The van der Waals surface area contributed by atoms with E-state index in [1.165, 1.54) is 4.68 Å². The highest BCUT2D eigenvalue weighted by Crippen LogP contribution is 2.44. The zero-order valence-electron chi connectivity index (χ0n) is 14.0. The lowest BCUT2D eigenvalue weighted by Gasteiger charge is -2.40. The van der Waals surface area contributed by atoms with Gasteiger partial charge in [-0.1, -0.05) is 36.8 Å². The third-order valence-electron chi connectivity index (χ3n) is 4.91. The molecule has 0 atom stereocenters. The van der Waals surface area contributed by atoms with Crippen molar-refractivity contribution in [3.8, 4) is 0 Å². The van der Waals surface area contributed by atoms with Crippen LogP contribution in [0, 0.1) is 13.8 Å². The van der Waals surface area contributed by atoms with Gasteiger partial charge in [-0.15, -0.1) is 0 Å². The third kappa shape index (κ3) is 2.53. The van der Waals surface area contributed by atoms with Crippen molar-refractivity contribution in [3.05, 3.63) is 47.3 Å². The summed E-state index contributed by atoms with van der Waals surface area (Å²) in [5.74, 6) is -0.456. The van der Waals surface area contributed by atoms with E-state index in [0.717, 1.165) is 12.0 Å². The molecule has 1 aromatic carbocycles. The van der Waals surface area contributed by atoms with Gasteiger partial charge in [-0.05, 0) is 32.3 Å². The Labute approximate surface area is 141 Å². The Kier molecular flexibility index (Phi) is 3.99. The van der Waals surface area contributed by atoms with E-state index in [9.17, 15) is 13.2 Å². The second-order valence-corrected chi connectivity index (χ2v) is 7.98. The van der Waals surface area contributed by atoms with Crippen molar-refractivity contribution in [2.24, 2.45) is 7.05 Å². The number of benzene rings is 1. The van der Waals surface area contributed by atoms with Gasteiger partial charge in [-0.3, -0.25) is 9.48 Å². The number of carbonyl (C=O) groups excluding carboxylic acids is 1. The minimum atomic E-state index is -3.95. The highest BCUT2D eigenvalue weighted by atomic mass is 32.2. The first-order chi connectivity index (χ1) is 11.3. The summed E-state index contributed by atoms with van der Waals surface area (Å²) in [7, 11) is -2.27. The van der Waals surface area contributed by atoms with Crippen LogP contribution >= 0.6 is 0 Å². The lowest BCUT2D eigenvalue weighted by Crippen LogP contribution is -2.50. The molecule has 1 heterocycles. The van der Waals surface area contributed by atoms with Crippen molar-refractivity contribution >= 4 is 15.9 Å². The first-order valence-electron chi connectivity index (χ1n) is 7.91. The van der Waals surface area contributed by atoms with E-state index in [0.29, 0.717) is 24.2 Å². The minimum absolute atomic E-state index is 0.0842. The van der Waals surface area contributed by atoms with E-state index in [2.05, 4.69) is 9.82 Å². The fourth-order valence-electron chi connectivity index (χ4n) is 3.35. The first-order valence-corrected chi connectivity index (χ1v) is 9.39. The summed E-state index contributed by atoms with van der Waals surface area (Å²) >= 11 is 0. The van der Waals surface area contributed by atoms with Crippen LogP contribution in [0.3, 0.4) is 0 Å². The lowest BCUT2D eigenvalue weighted by molar-refractivity contribution is -0.128. The average Bonchev–Trinajstić information content (AvgIpc) is 2.72. The Morgan fingerprint density at radius 1 is 1.21 bits per heavy atom. The Morgan fingerprint density at radius 2 is 1.83 bits per heavy atom. The van der Waals surface area contributed by atoms with Crippen molar-refractivity contribution in [1.29, 1.82) is 0 Å². The smallest absolute Gasteiger partial charge is 0.267 e. The average molecular weight is 347 g/mol. The van der Waals surface area contributed by atoms with Gasteiger partial charge in [0.2, 0.25) is 5.91 Å². The molecule has 1 amide bonds. The molecule has 6 nitrogen and oxygen atoms in total. The van der Waals surface area contributed by atoms with Crippen LogP contribution in [0.5, 0.6) is 0 Å². The lowest BCUT2D eigenvalue weighted by atomic mass is 9.64. The molecular weight excluding hydrogens is 326 g/mol. The molecule has 0 aliphatic heterocycles. The van der Waals surface area contributed by atoms with Gasteiger partial charge in [0.25, 0.3) is 10.0 Å². The van der Waals surface area contributed by atoms with Crippen molar-refractivity contribution in [2.45, 2.75) is 43.4 Å². The van der Waals surface area contributed by atoms with Crippen LogP contribution < -0.4 is 4.72 Å². The summed E-state index contributed by atoms with van der Waals surface area (Å²) in [4.78, 5) is 12.9. The zero-order valence-corrected chi connectivity index (χ0v) is 14.9. The van der Waals surface area contributed by atoms with E-state index >= 15 is 0 Å². The maximum absolute atomic E-state index is 12.8. The second kappa shape index (κ2) is 5.73. The molecule has 1 aliphatic carbocycles. The Morgan fingerprint density at radius 3 is 2.29 bits per heavy atom. The fourth-order valence-corrected chi connectivity index (χ4v) is 4.84. The number of aryl methyl sites for hydroxylation is 2. The van der Waals surface area contributed by atoms with Crippen molar-refractivity contribution in [2.75, 3.05) is 0 Å². The molecule has 1 saturated carbocycles. The van der Waals surface area contributed by atoms with E-state index in [1.807, 2.05) is 30.3 Å². The van der Waals surface area contributed by atoms with Gasteiger partial charge < -0.3 is 0 Å². The number of carbonyl (C=O) groups is 1. The molecule has 0 saturated heterocycles. The molecule has 1 fully saturated rings. The maximum Gasteiger partial charge on any atom is 0.267 e. The number of nitrogens with zero attached hydrogens (tertiary/aromatic N) is 2. The second-order valence-electron chi connectivity index (χ2n) is 6.36. The van der Waals surface area contributed by atoms with E-state index in [1.54, 1.807) is 20.9 Å². The molecule has 0 bridgehead atoms. The van der Waals surface area contributed by atoms with Crippen LogP contribution in [0.25, 0.3) is 0 Å². The van der Waals surface area contributed by atoms with Gasteiger partial charge in [0, 0.05) is 7.05 Å². The van der Waals surface area contributed by atoms with Crippen LogP contribution in [0.4, 0.5) is 0 Å². The van der Waals surface area contributed by atoms with Gasteiger partial charge in [-0.25, -0.2) is 13.1 Å². The largest absolute Gasteiger partial charge is 0.273 e. The van der Waals surface area contributed by atoms with Crippen molar-refractivity contribution in [1.82, 2.24) is 14.5 Å². The highest BCUT2D eigenvalue weighted by molar-refractivity contribution is 7.90. The van der Waals surface area contributed by atoms with Gasteiger partial charge >= 0.3 is 0 Å². The molecule has 2 aromatic rings. The summed E-state index contributed by atoms with van der Waals surface area (Å²) in [5, 5.41) is 4.12. The third-order valence-corrected chi connectivity index (χ3v) is 6.49. The molecule has 0 spiro atoms. The predicted molar refractivity (Wildman–Crippen MR) is 90.0 cm³/mol. The van der Waals surface area contributed by atoms with Crippen LogP contribution in [0.1, 0.15) is 36.2 Å². The molecular formula is C17H21N3O3S. The number of sulfonamides is 1. The number of amides is 1. The topological polar surface area (TPSA) is 81.1 Å². The number of hydrogen-bond acceptors (Lipinski definition) is 4. The first kappa shape index (κ1) is 16.7. The summed E-state index contributed by atoms with van der Waals surface area (Å²) in [6, 6.07) is 9.38. The van der Waals surface area contributed by atoms with Crippen LogP contribution in [0.15, 0.2) is 35.2 Å². The summed E-state index contributed by atoms with van der Waals surface area (Å²) in [5.41, 5.74) is 1.01. The summed E-state index contributed by atoms with van der Waals surface area (Å²) in [6.07, 6.45) is 2.22. The monoisotopic (exact) mass is 347 g/mol. The molecule has 128 valence electrons. The van der Waals surface area contributed by atoms with E-state index in [-0.39, 0.29) is 4.90 Å². The van der Waals surface area contributed by atoms with Gasteiger partial charge in [0.15, 0.2) is 0 Å². The van der Waals surface area contributed by atoms with Gasteiger partial charge in [-0.2, -0.15) is 5.10 Å². The van der Waals surface area contributed by atoms with Crippen molar-refractivity contribution < 1.29 is 13.2 Å². The quantitative estimate of drug-likeness (QED) is 0.917. The normalized spacial score (nSPS) is 16.5. The summed E-state index contributed by atoms with van der Waals surface area (Å²) in [6.45, 7) is 3.30. The Hall–Kier alpha value is -2.15. The van der Waals surface area contributed by atoms with E-state index < -0.39 is 21.3 Å². The zero-order chi connectivity index (χ0) is 17.5. The minimum Gasteiger partial charge on any atom is -0.273 e. The van der Waals surface area contributed by atoms with Gasteiger partial charge in [0.05, 0.1) is 16.8 Å². The molecule has 1 N–H and O–H groups in total. The Bertz CT molecular complexity index is 881. The maximum atomic E-state index is 12.8. The molecule has 24 heavy (non-hydrogen) atoms. The SMILES string of the molecule is Cc1nn(C)c(C)c1S(=O)(=O)NC(=O)C1(c2ccccc2)CCC1. The highest BCUT2D eigenvalue weighted by Gasteiger charge is 2.47. The fraction of sp³-hybridized carbons (Fsp3) is 0.412. The number of rotatable bonds is 4. The van der Waals surface area contributed by atoms with Crippen LogP contribution in [-0.2, 0) is 27.3 Å². The molecule has 0 unspecified atom stereocenters. The van der Waals surface area contributed by atoms with Crippen LogP contribution in [-0.4, -0.2) is 24.1 Å². The van der Waals surface area contributed by atoms with E-state index in [4.69, 9.17) is 0 Å². The van der Waals surface area contributed by atoms with Gasteiger partial charge in [0.1, 0.15) is 4.90 Å². The number of nitrogens with one attached hydrogen (secondary N) is 1. The molecule has 3 rings (SSSR count). The molecule has 1 aliphatic rings. The molecule has 7 heteroatoms. The molecule has 0 radical (unpaired) electrons.